The first-order chi connectivity index (χ1) is 13.5. The van der Waals surface area contributed by atoms with Crippen molar-refractivity contribution in [1.82, 2.24) is 14.7 Å². The summed E-state index contributed by atoms with van der Waals surface area (Å²) < 4.78 is 1.80. The molecule has 0 spiro atoms. The maximum Gasteiger partial charge on any atom is 0.223 e. The van der Waals surface area contributed by atoms with Gasteiger partial charge in [0.1, 0.15) is 0 Å². The van der Waals surface area contributed by atoms with Crippen molar-refractivity contribution in [3.05, 3.63) is 87.2 Å². The molecule has 1 atom stereocenters. The number of nitrogens with zero attached hydrogens (tertiary/aromatic N) is 3. The minimum atomic E-state index is 0.111. The number of hydrogen-bond donors (Lipinski definition) is 0. The van der Waals surface area contributed by atoms with E-state index >= 15 is 0 Å². The van der Waals surface area contributed by atoms with E-state index in [1.54, 1.807) is 4.68 Å². The summed E-state index contributed by atoms with van der Waals surface area (Å²) in [4.78, 5) is 14.9. The molecule has 4 nitrogen and oxygen atoms in total. The maximum absolute atomic E-state index is 13.0. The van der Waals surface area contributed by atoms with Crippen LogP contribution in [0, 0.1) is 0 Å². The van der Waals surface area contributed by atoms with Crippen LogP contribution in [0.2, 0.25) is 10.0 Å². The van der Waals surface area contributed by atoms with Crippen molar-refractivity contribution in [2.24, 2.45) is 7.05 Å². The summed E-state index contributed by atoms with van der Waals surface area (Å²) in [7, 11) is 1.91. The van der Waals surface area contributed by atoms with Crippen LogP contribution in [-0.4, -0.2) is 27.1 Å². The molecule has 28 heavy (non-hydrogen) atoms. The molecule has 0 saturated heterocycles. The van der Waals surface area contributed by atoms with Crippen LogP contribution in [0.25, 0.3) is 0 Å². The molecule has 3 aromatic rings. The Labute approximate surface area is 174 Å². The number of hydrogen-bond acceptors (Lipinski definition) is 2. The van der Waals surface area contributed by atoms with Crippen LogP contribution in [0.5, 0.6) is 0 Å². The topological polar surface area (TPSA) is 38.1 Å². The van der Waals surface area contributed by atoms with Crippen LogP contribution in [0.1, 0.15) is 34.6 Å². The van der Waals surface area contributed by atoms with E-state index in [0.717, 1.165) is 11.1 Å². The Morgan fingerprint density at radius 1 is 1.14 bits per heavy atom. The summed E-state index contributed by atoms with van der Waals surface area (Å²) in [5, 5.41) is 5.53. The van der Waals surface area contributed by atoms with Gasteiger partial charge in [-0.25, -0.2) is 0 Å². The predicted molar refractivity (Wildman–Crippen MR) is 112 cm³/mol. The third-order valence-corrected chi connectivity index (χ3v) is 6.03. The van der Waals surface area contributed by atoms with E-state index in [4.69, 9.17) is 23.2 Å². The maximum atomic E-state index is 13.0. The Morgan fingerprint density at radius 2 is 1.89 bits per heavy atom. The van der Waals surface area contributed by atoms with Crippen LogP contribution in [0.15, 0.2) is 54.9 Å². The van der Waals surface area contributed by atoms with Gasteiger partial charge in [-0.2, -0.15) is 5.10 Å². The van der Waals surface area contributed by atoms with E-state index in [1.165, 1.54) is 11.1 Å². The lowest BCUT2D eigenvalue weighted by Gasteiger charge is -2.34. The SMILES string of the molecule is Cn1cc(C2CN(C(=O)CCc3c(Cl)cccc3Cl)Cc3ccccc32)cn1. The molecule has 6 heteroatoms. The van der Waals surface area contributed by atoms with Crippen molar-refractivity contribution < 1.29 is 4.79 Å². The highest BCUT2D eigenvalue weighted by Gasteiger charge is 2.29. The Bertz CT molecular complexity index is 994. The van der Waals surface area contributed by atoms with Gasteiger partial charge in [-0.15, -0.1) is 0 Å². The fraction of sp³-hybridized carbons (Fsp3) is 0.273. The van der Waals surface area contributed by atoms with Gasteiger partial charge in [0, 0.05) is 48.7 Å². The van der Waals surface area contributed by atoms with Crippen LogP contribution in [-0.2, 0) is 24.8 Å². The van der Waals surface area contributed by atoms with Gasteiger partial charge in [-0.3, -0.25) is 9.48 Å². The predicted octanol–water partition coefficient (Wildman–Crippen LogP) is 4.83. The van der Waals surface area contributed by atoms with Gasteiger partial charge >= 0.3 is 0 Å². The van der Waals surface area contributed by atoms with Crippen molar-refractivity contribution in [2.45, 2.75) is 25.3 Å². The van der Waals surface area contributed by atoms with Gasteiger partial charge in [-0.05, 0) is 40.8 Å². The number of carbonyl (C=O) groups excluding carboxylic acids is 1. The largest absolute Gasteiger partial charge is 0.337 e. The van der Waals surface area contributed by atoms with E-state index in [1.807, 2.05) is 48.6 Å². The van der Waals surface area contributed by atoms with Crippen LogP contribution in [0.4, 0.5) is 0 Å². The van der Waals surface area contributed by atoms with Crippen molar-refractivity contribution in [3.63, 3.8) is 0 Å². The fourth-order valence-corrected chi connectivity index (χ4v) is 4.45. The highest BCUT2D eigenvalue weighted by Crippen LogP contribution is 2.34. The Kier molecular flexibility index (Phi) is 5.42. The molecule has 0 radical (unpaired) electrons. The third kappa shape index (κ3) is 3.80. The smallest absolute Gasteiger partial charge is 0.223 e. The van der Waals surface area contributed by atoms with E-state index < -0.39 is 0 Å². The summed E-state index contributed by atoms with van der Waals surface area (Å²) in [6.07, 6.45) is 4.83. The molecule has 0 aliphatic carbocycles. The molecule has 1 aliphatic rings. The Hall–Kier alpha value is -2.30. The lowest BCUT2D eigenvalue weighted by molar-refractivity contribution is -0.132. The molecular weight excluding hydrogens is 393 g/mol. The highest BCUT2D eigenvalue weighted by molar-refractivity contribution is 6.36. The van der Waals surface area contributed by atoms with E-state index in [9.17, 15) is 4.79 Å². The summed E-state index contributed by atoms with van der Waals surface area (Å²) in [6.45, 7) is 1.28. The van der Waals surface area contributed by atoms with Gasteiger partial charge in [-0.1, -0.05) is 53.5 Å². The van der Waals surface area contributed by atoms with E-state index in [-0.39, 0.29) is 11.8 Å². The molecule has 0 fully saturated rings. The number of aromatic nitrogens is 2. The second kappa shape index (κ2) is 7.98. The molecule has 1 amide bonds. The first-order valence-electron chi connectivity index (χ1n) is 9.30. The lowest BCUT2D eigenvalue weighted by Crippen LogP contribution is -2.38. The average Bonchev–Trinajstić information content (AvgIpc) is 3.12. The van der Waals surface area contributed by atoms with Gasteiger partial charge in [0.25, 0.3) is 0 Å². The van der Waals surface area contributed by atoms with E-state index in [0.29, 0.717) is 36.0 Å². The molecule has 1 unspecified atom stereocenters. The number of amides is 1. The van der Waals surface area contributed by atoms with Crippen LogP contribution < -0.4 is 0 Å². The zero-order chi connectivity index (χ0) is 19.7. The second-order valence-electron chi connectivity index (χ2n) is 7.17. The van der Waals surface area contributed by atoms with Crippen LogP contribution >= 0.6 is 23.2 Å². The normalized spacial score (nSPS) is 16.1. The Balaban J connectivity index is 1.54. The lowest BCUT2D eigenvalue weighted by atomic mass is 9.86. The zero-order valence-electron chi connectivity index (χ0n) is 15.6. The van der Waals surface area contributed by atoms with Crippen molar-refractivity contribution in [1.29, 1.82) is 0 Å². The van der Waals surface area contributed by atoms with Gasteiger partial charge in [0.2, 0.25) is 5.91 Å². The minimum Gasteiger partial charge on any atom is -0.337 e. The molecule has 0 N–H and O–H groups in total. The monoisotopic (exact) mass is 413 g/mol. The number of benzene rings is 2. The minimum absolute atomic E-state index is 0.111. The van der Waals surface area contributed by atoms with Gasteiger partial charge < -0.3 is 4.90 Å². The van der Waals surface area contributed by atoms with Crippen LogP contribution in [0.3, 0.4) is 0 Å². The first-order valence-corrected chi connectivity index (χ1v) is 10.1. The molecule has 0 saturated carbocycles. The first kappa shape index (κ1) is 19.0. The number of carbonyl (C=O) groups is 1. The molecule has 4 rings (SSSR count). The number of rotatable bonds is 4. The quantitative estimate of drug-likeness (QED) is 0.613. The standard InChI is InChI=1S/C22H21Cl2N3O/c1-26-12-16(11-25-26)19-14-27(13-15-5-2-3-6-17(15)19)22(28)10-9-18-20(23)7-4-8-21(18)24/h2-8,11-12,19H,9-10,13-14H2,1H3. The van der Waals surface area contributed by atoms with Crippen molar-refractivity contribution >= 4 is 29.1 Å². The van der Waals surface area contributed by atoms with Gasteiger partial charge in [0.15, 0.2) is 0 Å². The molecular formula is C22H21Cl2N3O. The number of halogens is 2. The Morgan fingerprint density at radius 3 is 2.61 bits per heavy atom. The van der Waals surface area contributed by atoms with E-state index in [2.05, 4.69) is 23.3 Å². The number of aryl methyl sites for hydroxylation is 1. The summed E-state index contributed by atoms with van der Waals surface area (Å²) >= 11 is 12.5. The second-order valence-corrected chi connectivity index (χ2v) is 7.99. The average molecular weight is 414 g/mol. The zero-order valence-corrected chi connectivity index (χ0v) is 17.1. The molecule has 0 bridgehead atoms. The van der Waals surface area contributed by atoms with Gasteiger partial charge in [0.05, 0.1) is 6.20 Å². The summed E-state index contributed by atoms with van der Waals surface area (Å²) in [6, 6.07) is 13.8. The number of fused-ring (bicyclic) bond motifs is 1. The summed E-state index contributed by atoms with van der Waals surface area (Å²) in [5.41, 5.74) is 4.42. The highest BCUT2D eigenvalue weighted by atomic mass is 35.5. The molecule has 2 aromatic carbocycles. The molecule has 2 heterocycles. The van der Waals surface area contributed by atoms with Crippen molar-refractivity contribution in [2.75, 3.05) is 6.54 Å². The summed E-state index contributed by atoms with van der Waals surface area (Å²) in [5.74, 6) is 0.242. The molecule has 1 aliphatic heterocycles. The van der Waals surface area contributed by atoms with Crippen molar-refractivity contribution in [3.8, 4) is 0 Å². The molecule has 144 valence electrons. The fourth-order valence-electron chi connectivity index (χ4n) is 3.86. The molecule has 1 aromatic heterocycles. The third-order valence-electron chi connectivity index (χ3n) is 5.33.